The first-order valence-corrected chi connectivity index (χ1v) is 12.9. The Hall–Kier alpha value is -2.47. The van der Waals surface area contributed by atoms with Crippen molar-refractivity contribution in [2.75, 3.05) is 6.54 Å². The standard InChI is InChI=1S/C27H34BrN3O2/c1-4-7-9-14-25(32)30(19-8-5-2)24(6-3)26-29-23-13-11-10-12-22(23)27(33)31(26)21-17-15-20(28)16-18-21/h10-13,15-18,24H,4-9,14,19H2,1-3H3. The van der Waals surface area contributed by atoms with Crippen molar-refractivity contribution in [2.45, 2.75) is 71.8 Å². The SMILES string of the molecule is CCCCCC(=O)N(CCCC)C(CC)c1nc2ccccc2c(=O)n1-c1ccc(Br)cc1. The molecule has 3 rings (SSSR count). The number of unbranched alkanes of at least 4 members (excludes halogenated alkanes) is 3. The summed E-state index contributed by atoms with van der Waals surface area (Å²) in [5, 5.41) is 0.577. The molecule has 1 unspecified atom stereocenters. The monoisotopic (exact) mass is 511 g/mol. The molecule has 0 aliphatic carbocycles. The zero-order chi connectivity index (χ0) is 23.8. The van der Waals surface area contributed by atoms with Crippen LogP contribution in [0.2, 0.25) is 0 Å². The van der Waals surface area contributed by atoms with Crippen LogP contribution in [0.15, 0.2) is 57.8 Å². The molecule has 176 valence electrons. The number of rotatable bonds is 11. The van der Waals surface area contributed by atoms with Crippen molar-refractivity contribution in [3.05, 3.63) is 69.2 Å². The summed E-state index contributed by atoms with van der Waals surface area (Å²) in [6.07, 6.45) is 6.15. The Morgan fingerprint density at radius 3 is 2.36 bits per heavy atom. The first-order valence-electron chi connectivity index (χ1n) is 12.1. The Morgan fingerprint density at radius 1 is 1.00 bits per heavy atom. The zero-order valence-electron chi connectivity index (χ0n) is 19.9. The topological polar surface area (TPSA) is 55.2 Å². The normalized spacial score (nSPS) is 12.1. The van der Waals surface area contributed by atoms with Crippen LogP contribution >= 0.6 is 15.9 Å². The quantitative estimate of drug-likeness (QED) is 0.265. The van der Waals surface area contributed by atoms with Crippen molar-refractivity contribution in [2.24, 2.45) is 0 Å². The van der Waals surface area contributed by atoms with E-state index in [1.54, 1.807) is 4.57 Å². The average Bonchev–Trinajstić information content (AvgIpc) is 2.82. The fourth-order valence-corrected chi connectivity index (χ4v) is 4.47. The summed E-state index contributed by atoms with van der Waals surface area (Å²) in [5.74, 6) is 0.775. The summed E-state index contributed by atoms with van der Waals surface area (Å²) < 4.78 is 2.64. The summed E-state index contributed by atoms with van der Waals surface area (Å²) >= 11 is 3.48. The lowest BCUT2D eigenvalue weighted by Gasteiger charge is -2.32. The number of hydrogen-bond donors (Lipinski definition) is 0. The van der Waals surface area contributed by atoms with Crippen molar-refractivity contribution in [3.8, 4) is 5.69 Å². The van der Waals surface area contributed by atoms with Gasteiger partial charge in [-0.15, -0.1) is 0 Å². The zero-order valence-corrected chi connectivity index (χ0v) is 21.5. The average molecular weight is 512 g/mol. The van der Waals surface area contributed by atoms with E-state index in [-0.39, 0.29) is 17.5 Å². The molecule has 3 aromatic rings. The summed E-state index contributed by atoms with van der Waals surface area (Å²) in [4.78, 5) is 34.0. The van der Waals surface area contributed by atoms with Crippen LogP contribution in [-0.4, -0.2) is 26.9 Å². The Bertz CT molecular complexity index is 1120. The van der Waals surface area contributed by atoms with Gasteiger partial charge in [0.05, 0.1) is 22.6 Å². The lowest BCUT2D eigenvalue weighted by Crippen LogP contribution is -2.39. The molecule has 0 bridgehead atoms. The lowest BCUT2D eigenvalue weighted by molar-refractivity contribution is -0.134. The van der Waals surface area contributed by atoms with Gasteiger partial charge in [0.15, 0.2) is 0 Å². The van der Waals surface area contributed by atoms with Crippen molar-refractivity contribution >= 4 is 32.7 Å². The first kappa shape index (κ1) is 25.2. The van der Waals surface area contributed by atoms with E-state index >= 15 is 0 Å². The van der Waals surface area contributed by atoms with Gasteiger partial charge in [-0.05, 0) is 55.7 Å². The minimum atomic E-state index is -0.272. The van der Waals surface area contributed by atoms with Crippen LogP contribution in [0.25, 0.3) is 16.6 Å². The molecule has 33 heavy (non-hydrogen) atoms. The molecule has 0 aliphatic heterocycles. The van der Waals surface area contributed by atoms with E-state index in [0.29, 0.717) is 36.1 Å². The van der Waals surface area contributed by atoms with E-state index in [1.807, 2.05) is 53.4 Å². The highest BCUT2D eigenvalue weighted by Crippen LogP contribution is 2.28. The second-order valence-corrected chi connectivity index (χ2v) is 9.34. The van der Waals surface area contributed by atoms with Gasteiger partial charge >= 0.3 is 0 Å². The number of aromatic nitrogens is 2. The number of hydrogen-bond acceptors (Lipinski definition) is 3. The maximum Gasteiger partial charge on any atom is 0.266 e. The van der Waals surface area contributed by atoms with Crippen LogP contribution < -0.4 is 5.56 Å². The van der Waals surface area contributed by atoms with Gasteiger partial charge in [-0.1, -0.05) is 68.1 Å². The van der Waals surface area contributed by atoms with Crippen LogP contribution in [0.1, 0.15) is 77.6 Å². The summed E-state index contributed by atoms with van der Waals surface area (Å²) in [5.41, 5.74) is 1.31. The third-order valence-corrected chi connectivity index (χ3v) is 6.54. The van der Waals surface area contributed by atoms with Gasteiger partial charge < -0.3 is 4.90 Å². The minimum absolute atomic E-state index is 0.106. The molecule has 1 amide bonds. The molecule has 1 atom stereocenters. The predicted molar refractivity (Wildman–Crippen MR) is 139 cm³/mol. The van der Waals surface area contributed by atoms with Crippen LogP contribution in [0.4, 0.5) is 0 Å². The molecule has 2 aromatic carbocycles. The molecule has 6 heteroatoms. The van der Waals surface area contributed by atoms with Gasteiger partial charge in [-0.2, -0.15) is 0 Å². The summed E-state index contributed by atoms with van der Waals surface area (Å²) in [6, 6.07) is 14.8. The molecule has 0 radical (unpaired) electrons. The lowest BCUT2D eigenvalue weighted by atomic mass is 10.1. The molecule has 0 N–H and O–H groups in total. The number of amides is 1. The molecule has 0 fully saturated rings. The van der Waals surface area contributed by atoms with Gasteiger partial charge in [-0.25, -0.2) is 4.98 Å². The summed E-state index contributed by atoms with van der Waals surface area (Å²) in [7, 11) is 0. The number of fused-ring (bicyclic) bond motifs is 1. The second kappa shape index (κ2) is 12.1. The Morgan fingerprint density at radius 2 is 1.70 bits per heavy atom. The van der Waals surface area contributed by atoms with Crippen LogP contribution in [-0.2, 0) is 4.79 Å². The third kappa shape index (κ3) is 5.91. The fraction of sp³-hybridized carbons (Fsp3) is 0.444. The van der Waals surface area contributed by atoms with E-state index < -0.39 is 0 Å². The highest BCUT2D eigenvalue weighted by atomic mass is 79.9. The van der Waals surface area contributed by atoms with Gasteiger partial charge in [0.25, 0.3) is 5.56 Å². The van der Waals surface area contributed by atoms with E-state index in [4.69, 9.17) is 4.98 Å². The number of halogens is 1. The molecular weight excluding hydrogens is 478 g/mol. The van der Waals surface area contributed by atoms with Gasteiger partial charge in [0.1, 0.15) is 5.82 Å². The molecule has 5 nitrogen and oxygen atoms in total. The highest BCUT2D eigenvalue weighted by molar-refractivity contribution is 9.10. The van der Waals surface area contributed by atoms with Crippen LogP contribution in [0.5, 0.6) is 0 Å². The van der Waals surface area contributed by atoms with Crippen molar-refractivity contribution < 1.29 is 4.79 Å². The Kier molecular flexibility index (Phi) is 9.24. The number of carbonyl (C=O) groups is 1. The predicted octanol–water partition coefficient (Wildman–Crippen LogP) is 6.81. The molecule has 1 aromatic heterocycles. The molecular formula is C27H34BrN3O2. The molecule has 0 saturated heterocycles. The van der Waals surface area contributed by atoms with Gasteiger partial charge in [0, 0.05) is 17.4 Å². The Balaban J connectivity index is 2.18. The molecule has 0 aliphatic rings. The van der Waals surface area contributed by atoms with Crippen LogP contribution in [0, 0.1) is 0 Å². The molecule has 0 saturated carbocycles. The van der Waals surface area contributed by atoms with Gasteiger partial charge in [0.2, 0.25) is 5.91 Å². The van der Waals surface area contributed by atoms with Crippen LogP contribution in [0.3, 0.4) is 0 Å². The number of carbonyl (C=O) groups excluding carboxylic acids is 1. The van der Waals surface area contributed by atoms with Crippen molar-refractivity contribution in [1.29, 1.82) is 0 Å². The van der Waals surface area contributed by atoms with E-state index in [0.717, 1.165) is 42.3 Å². The number of nitrogens with zero attached hydrogens (tertiary/aromatic N) is 3. The molecule has 1 heterocycles. The van der Waals surface area contributed by atoms with Crippen molar-refractivity contribution in [1.82, 2.24) is 14.5 Å². The van der Waals surface area contributed by atoms with E-state index in [2.05, 4.69) is 36.7 Å². The number of benzene rings is 2. The Labute approximate surface area is 205 Å². The maximum absolute atomic E-state index is 13.7. The fourth-order valence-electron chi connectivity index (χ4n) is 4.21. The van der Waals surface area contributed by atoms with E-state index in [1.165, 1.54) is 0 Å². The second-order valence-electron chi connectivity index (χ2n) is 8.43. The minimum Gasteiger partial charge on any atom is -0.333 e. The number of para-hydroxylation sites is 1. The smallest absolute Gasteiger partial charge is 0.266 e. The third-order valence-electron chi connectivity index (χ3n) is 6.01. The molecule has 0 spiro atoms. The van der Waals surface area contributed by atoms with Gasteiger partial charge in [-0.3, -0.25) is 14.2 Å². The maximum atomic E-state index is 13.7. The van der Waals surface area contributed by atoms with E-state index in [9.17, 15) is 9.59 Å². The summed E-state index contributed by atoms with van der Waals surface area (Å²) in [6.45, 7) is 7.01. The first-order chi connectivity index (χ1) is 16.0. The highest BCUT2D eigenvalue weighted by Gasteiger charge is 2.28. The van der Waals surface area contributed by atoms with Crippen molar-refractivity contribution in [3.63, 3.8) is 0 Å². The largest absolute Gasteiger partial charge is 0.333 e.